The fourth-order valence-electron chi connectivity index (χ4n) is 3.88. The molecule has 2 aliphatic rings. The van der Waals surface area contributed by atoms with Gasteiger partial charge in [-0.15, -0.1) is 11.3 Å². The van der Waals surface area contributed by atoms with E-state index in [-0.39, 0.29) is 12.6 Å². The Morgan fingerprint density at radius 2 is 2.20 bits per heavy atom. The fraction of sp³-hybridized carbons (Fsp3) is 0.714. The summed E-state index contributed by atoms with van der Waals surface area (Å²) in [6.07, 6.45) is 5.03. The molecule has 3 rings (SSSR count). The van der Waals surface area contributed by atoms with E-state index in [4.69, 9.17) is 5.11 Å². The third kappa shape index (κ3) is 2.66. The van der Waals surface area contributed by atoms with E-state index in [0.29, 0.717) is 20.9 Å². The van der Waals surface area contributed by atoms with Crippen LogP contribution in [0.2, 0.25) is 0 Å². The third-order valence-corrected chi connectivity index (χ3v) is 7.95. The van der Waals surface area contributed by atoms with Gasteiger partial charge >= 0.3 is 0 Å². The number of nitrogens with one attached hydrogen (secondary N) is 1. The Hall–Kier alpha value is -0.430. The molecule has 1 aromatic rings. The lowest BCUT2D eigenvalue weighted by Crippen LogP contribution is -2.39. The van der Waals surface area contributed by atoms with Crippen LogP contribution in [0.3, 0.4) is 0 Å². The first-order valence-corrected chi connectivity index (χ1v) is 9.51. The maximum atomic E-state index is 12.4. The van der Waals surface area contributed by atoms with E-state index >= 15 is 0 Å². The number of hydrogen-bond acceptors (Lipinski definition) is 4. The minimum absolute atomic E-state index is 0.00465. The Balaban J connectivity index is 1.69. The molecule has 0 aromatic carbocycles. The smallest absolute Gasteiger partial charge is 0.250 e. The third-order valence-electron chi connectivity index (χ3n) is 4.83. The molecule has 2 bridgehead atoms. The normalized spacial score (nSPS) is 30.8. The summed E-state index contributed by atoms with van der Waals surface area (Å²) >= 11 is 1.14. The second-order valence-corrected chi connectivity index (χ2v) is 9.24. The van der Waals surface area contributed by atoms with E-state index in [1.54, 1.807) is 12.1 Å². The van der Waals surface area contributed by atoms with Gasteiger partial charge in [0.1, 0.15) is 4.21 Å². The Bertz CT molecular complexity index is 581. The highest BCUT2D eigenvalue weighted by Gasteiger charge is 2.42. The highest BCUT2D eigenvalue weighted by Crippen LogP contribution is 2.49. The van der Waals surface area contributed by atoms with Crippen molar-refractivity contribution in [1.82, 2.24) is 4.72 Å². The van der Waals surface area contributed by atoms with Crippen LogP contribution in [0.5, 0.6) is 0 Å². The number of rotatable bonds is 5. The molecule has 0 spiro atoms. The highest BCUT2D eigenvalue weighted by atomic mass is 32.2. The maximum absolute atomic E-state index is 12.4. The minimum Gasteiger partial charge on any atom is -0.391 e. The van der Waals surface area contributed by atoms with Crippen LogP contribution in [-0.4, -0.2) is 19.6 Å². The summed E-state index contributed by atoms with van der Waals surface area (Å²) in [5.74, 6) is 2.01. The molecule has 2 aliphatic carbocycles. The molecule has 2 N–H and O–H groups in total. The minimum atomic E-state index is -3.45. The molecule has 4 nitrogen and oxygen atoms in total. The zero-order chi connectivity index (χ0) is 14.3. The van der Waals surface area contributed by atoms with E-state index in [0.717, 1.165) is 17.3 Å². The van der Waals surface area contributed by atoms with Gasteiger partial charge in [0.2, 0.25) is 10.0 Å². The molecule has 0 amide bonds. The first-order chi connectivity index (χ1) is 9.49. The van der Waals surface area contributed by atoms with E-state index in [9.17, 15) is 8.42 Å². The molecule has 2 fully saturated rings. The number of aliphatic hydroxyl groups is 1. The first-order valence-electron chi connectivity index (χ1n) is 7.21. The van der Waals surface area contributed by atoms with Gasteiger partial charge in [0.05, 0.1) is 6.61 Å². The summed E-state index contributed by atoms with van der Waals surface area (Å²) in [5.41, 5.74) is 0. The molecule has 2 saturated carbocycles. The summed E-state index contributed by atoms with van der Waals surface area (Å²) in [7, 11) is -3.45. The van der Waals surface area contributed by atoms with Gasteiger partial charge in [-0.2, -0.15) is 0 Å². The van der Waals surface area contributed by atoms with Crippen molar-refractivity contribution in [2.45, 2.75) is 49.5 Å². The predicted octanol–water partition coefficient (Wildman–Crippen LogP) is 2.34. The lowest BCUT2D eigenvalue weighted by atomic mass is 9.84. The van der Waals surface area contributed by atoms with Crippen LogP contribution in [0.25, 0.3) is 0 Å². The van der Waals surface area contributed by atoms with E-state index < -0.39 is 10.0 Å². The van der Waals surface area contributed by atoms with Gasteiger partial charge in [0.25, 0.3) is 0 Å². The topological polar surface area (TPSA) is 66.4 Å². The fourth-order valence-corrected chi connectivity index (χ4v) is 6.41. The summed E-state index contributed by atoms with van der Waals surface area (Å²) in [6, 6.07) is 3.24. The van der Waals surface area contributed by atoms with Crippen molar-refractivity contribution in [3.8, 4) is 0 Å². The molecule has 1 aromatic heterocycles. The van der Waals surface area contributed by atoms with E-state index in [1.807, 2.05) is 6.92 Å². The monoisotopic (exact) mass is 315 g/mol. The van der Waals surface area contributed by atoms with Gasteiger partial charge in [-0.25, -0.2) is 13.1 Å². The molecule has 112 valence electrons. The van der Waals surface area contributed by atoms with Crippen molar-refractivity contribution in [3.63, 3.8) is 0 Å². The van der Waals surface area contributed by atoms with Crippen molar-refractivity contribution < 1.29 is 13.5 Å². The van der Waals surface area contributed by atoms with Crippen LogP contribution in [0.1, 0.15) is 37.5 Å². The maximum Gasteiger partial charge on any atom is 0.250 e. The first kappa shape index (κ1) is 14.5. The summed E-state index contributed by atoms with van der Waals surface area (Å²) < 4.78 is 27.8. The standard InChI is InChI=1S/C14H21NO3S2/c1-9(13-7-10-2-3-11(13)6-10)15-20(17,18)14-5-4-12(8-16)19-14/h4-5,9-11,13,15-16H,2-3,6-8H2,1H3. The van der Waals surface area contributed by atoms with Crippen molar-refractivity contribution in [2.75, 3.05) is 0 Å². The SMILES string of the molecule is CC(NS(=O)(=O)c1ccc(CO)s1)C1CC2CCC1C2. The zero-order valence-electron chi connectivity index (χ0n) is 11.6. The van der Waals surface area contributed by atoms with Crippen molar-refractivity contribution in [2.24, 2.45) is 17.8 Å². The molecule has 0 radical (unpaired) electrons. The van der Waals surface area contributed by atoms with E-state index in [1.165, 1.54) is 25.7 Å². The van der Waals surface area contributed by atoms with Gasteiger partial charge in [-0.3, -0.25) is 0 Å². The van der Waals surface area contributed by atoms with Crippen molar-refractivity contribution in [1.29, 1.82) is 0 Å². The molecule has 4 atom stereocenters. The number of thiophene rings is 1. The van der Waals surface area contributed by atoms with Gasteiger partial charge in [-0.1, -0.05) is 6.42 Å². The van der Waals surface area contributed by atoms with Gasteiger partial charge in [-0.05, 0) is 56.1 Å². The molecule has 0 saturated heterocycles. The van der Waals surface area contributed by atoms with Crippen LogP contribution < -0.4 is 4.72 Å². The molecular weight excluding hydrogens is 294 g/mol. The summed E-state index contributed by atoms with van der Waals surface area (Å²) in [6.45, 7) is 1.88. The number of fused-ring (bicyclic) bond motifs is 2. The average molecular weight is 315 g/mol. The molecular formula is C14H21NO3S2. The summed E-state index contributed by atoms with van der Waals surface area (Å²) in [4.78, 5) is 0.679. The van der Waals surface area contributed by atoms with Crippen molar-refractivity contribution in [3.05, 3.63) is 17.0 Å². The lowest BCUT2D eigenvalue weighted by molar-refractivity contribution is 0.280. The Labute approximate surface area is 124 Å². The van der Waals surface area contributed by atoms with Crippen LogP contribution in [0.4, 0.5) is 0 Å². The second kappa shape index (κ2) is 5.40. The predicted molar refractivity (Wildman–Crippen MR) is 79.0 cm³/mol. The van der Waals surface area contributed by atoms with Gasteiger partial charge in [0, 0.05) is 10.9 Å². The molecule has 20 heavy (non-hydrogen) atoms. The van der Waals surface area contributed by atoms with Crippen LogP contribution >= 0.6 is 11.3 Å². The van der Waals surface area contributed by atoms with E-state index in [2.05, 4.69) is 4.72 Å². The molecule has 4 unspecified atom stereocenters. The van der Waals surface area contributed by atoms with Crippen LogP contribution in [0.15, 0.2) is 16.3 Å². The number of aliphatic hydroxyl groups excluding tert-OH is 1. The Kier molecular flexibility index (Phi) is 3.92. The van der Waals surface area contributed by atoms with Gasteiger partial charge in [0.15, 0.2) is 0 Å². The number of hydrogen-bond donors (Lipinski definition) is 2. The Morgan fingerprint density at radius 3 is 2.75 bits per heavy atom. The average Bonchev–Trinajstić information content (AvgIpc) is 3.13. The van der Waals surface area contributed by atoms with Gasteiger partial charge < -0.3 is 5.11 Å². The molecule has 0 aliphatic heterocycles. The quantitative estimate of drug-likeness (QED) is 0.876. The van der Waals surface area contributed by atoms with Crippen LogP contribution in [0, 0.1) is 17.8 Å². The lowest BCUT2D eigenvalue weighted by Gasteiger charge is -2.28. The summed E-state index contributed by atoms with van der Waals surface area (Å²) in [5, 5.41) is 9.04. The Morgan fingerprint density at radius 1 is 1.40 bits per heavy atom. The van der Waals surface area contributed by atoms with Crippen molar-refractivity contribution >= 4 is 21.4 Å². The largest absolute Gasteiger partial charge is 0.391 e. The zero-order valence-corrected chi connectivity index (χ0v) is 13.2. The molecule has 1 heterocycles. The second-order valence-electron chi connectivity index (χ2n) is 6.13. The molecule has 6 heteroatoms. The number of sulfonamides is 1. The highest BCUT2D eigenvalue weighted by molar-refractivity contribution is 7.91. The van der Waals surface area contributed by atoms with Crippen LogP contribution in [-0.2, 0) is 16.6 Å².